The summed E-state index contributed by atoms with van der Waals surface area (Å²) in [4.78, 5) is 30.3. The Balaban J connectivity index is 1.39. The monoisotopic (exact) mass is 445 g/mol. The van der Waals surface area contributed by atoms with Crippen LogP contribution in [0, 0.1) is 0 Å². The van der Waals surface area contributed by atoms with Gasteiger partial charge in [0.1, 0.15) is 5.39 Å². The molecule has 10 heteroatoms. The summed E-state index contributed by atoms with van der Waals surface area (Å²) in [6, 6.07) is 6.97. The maximum absolute atomic E-state index is 13.2. The first-order valence-corrected chi connectivity index (χ1v) is 11.2. The van der Waals surface area contributed by atoms with E-state index in [0.717, 1.165) is 25.1 Å². The number of thioether (sulfide) groups is 1. The fraction of sp³-hybridized carbons (Fsp3) is 0.400. The van der Waals surface area contributed by atoms with Gasteiger partial charge in [-0.25, -0.2) is 9.67 Å². The van der Waals surface area contributed by atoms with Gasteiger partial charge >= 0.3 is 0 Å². The maximum atomic E-state index is 13.2. The number of rotatable bonds is 5. The number of nitrogens with one attached hydrogen (secondary N) is 1. The Bertz CT molecular complexity index is 1150. The number of hydrogen-bond donors (Lipinski definition) is 1. The molecule has 1 fully saturated rings. The van der Waals surface area contributed by atoms with Crippen LogP contribution >= 0.6 is 23.4 Å². The number of amides is 1. The molecule has 0 saturated carbocycles. The van der Waals surface area contributed by atoms with E-state index in [9.17, 15) is 9.59 Å². The predicted molar refractivity (Wildman–Crippen MR) is 114 cm³/mol. The van der Waals surface area contributed by atoms with Crippen molar-refractivity contribution in [2.75, 3.05) is 18.9 Å². The van der Waals surface area contributed by atoms with Crippen LogP contribution in [0.3, 0.4) is 0 Å². The summed E-state index contributed by atoms with van der Waals surface area (Å²) in [5.41, 5.74) is 1.11. The van der Waals surface area contributed by atoms with E-state index in [1.54, 1.807) is 21.4 Å². The lowest BCUT2D eigenvalue weighted by atomic mass is 10.2. The molecule has 1 saturated heterocycles. The Hall–Kier alpha value is -2.36. The lowest BCUT2D eigenvalue weighted by molar-refractivity contribution is -0.122. The fourth-order valence-electron chi connectivity index (χ4n) is 3.87. The first kappa shape index (κ1) is 19.6. The molecular weight excluding hydrogens is 426 g/mol. The van der Waals surface area contributed by atoms with Crippen molar-refractivity contribution in [2.24, 2.45) is 0 Å². The number of fused-ring (bicyclic) bond motifs is 2. The Morgan fingerprint density at radius 3 is 2.93 bits per heavy atom. The number of aromatic nitrogens is 4. The lowest BCUT2D eigenvalue weighted by Gasteiger charge is -2.15. The molecule has 3 aromatic rings. The molecule has 8 nitrogen and oxygen atoms in total. The van der Waals surface area contributed by atoms with E-state index >= 15 is 0 Å². The summed E-state index contributed by atoms with van der Waals surface area (Å²) in [6.45, 7) is 1.28. The van der Waals surface area contributed by atoms with Crippen molar-refractivity contribution in [3.05, 3.63) is 45.8 Å². The highest BCUT2D eigenvalue weighted by atomic mass is 35.5. The molecule has 0 radical (unpaired) electrons. The van der Waals surface area contributed by atoms with Crippen molar-refractivity contribution < 1.29 is 9.53 Å². The van der Waals surface area contributed by atoms with Gasteiger partial charge in [-0.3, -0.25) is 14.2 Å². The van der Waals surface area contributed by atoms with Crippen molar-refractivity contribution in [2.45, 2.75) is 36.6 Å². The van der Waals surface area contributed by atoms with Gasteiger partial charge in [0.05, 0.1) is 24.0 Å². The number of nitrogens with zero attached hydrogens (tertiary/aromatic N) is 4. The van der Waals surface area contributed by atoms with Gasteiger partial charge in [-0.05, 0) is 37.1 Å². The van der Waals surface area contributed by atoms with Crippen LogP contribution in [0.2, 0.25) is 5.02 Å². The second-order valence-electron chi connectivity index (χ2n) is 7.45. The van der Waals surface area contributed by atoms with Gasteiger partial charge in [-0.2, -0.15) is 5.10 Å². The molecule has 2 aliphatic rings. The SMILES string of the molecule is O=C(CC1CSc2nc3c(cnn3-c3ccc(Cl)cc3)c(=O)n21)NCC1CCCO1. The van der Waals surface area contributed by atoms with Gasteiger partial charge in [0.15, 0.2) is 10.8 Å². The van der Waals surface area contributed by atoms with Crippen LogP contribution in [0.15, 0.2) is 40.4 Å². The molecule has 1 amide bonds. The number of carbonyl (C=O) groups is 1. The fourth-order valence-corrected chi connectivity index (χ4v) is 5.13. The molecule has 30 heavy (non-hydrogen) atoms. The smallest absolute Gasteiger partial charge is 0.265 e. The zero-order valence-electron chi connectivity index (χ0n) is 16.1. The predicted octanol–water partition coefficient (Wildman–Crippen LogP) is 2.57. The topological polar surface area (TPSA) is 91.0 Å². The van der Waals surface area contributed by atoms with Crippen molar-refractivity contribution in [3.8, 4) is 5.69 Å². The third-order valence-electron chi connectivity index (χ3n) is 5.41. The van der Waals surface area contributed by atoms with E-state index in [0.29, 0.717) is 33.5 Å². The molecule has 4 heterocycles. The van der Waals surface area contributed by atoms with Gasteiger partial charge in [0.25, 0.3) is 5.56 Å². The van der Waals surface area contributed by atoms with Crippen molar-refractivity contribution in [3.63, 3.8) is 0 Å². The Morgan fingerprint density at radius 1 is 1.33 bits per heavy atom. The molecule has 2 aromatic heterocycles. The highest BCUT2D eigenvalue weighted by Crippen LogP contribution is 2.33. The number of carbonyl (C=O) groups excluding carboxylic acids is 1. The molecule has 0 spiro atoms. The number of halogens is 1. The van der Waals surface area contributed by atoms with Gasteiger partial charge in [0, 0.05) is 30.3 Å². The average molecular weight is 446 g/mol. The van der Waals surface area contributed by atoms with E-state index in [-0.39, 0.29) is 30.0 Å². The third-order valence-corrected chi connectivity index (χ3v) is 6.76. The highest BCUT2D eigenvalue weighted by molar-refractivity contribution is 7.99. The van der Waals surface area contributed by atoms with Gasteiger partial charge in [-0.15, -0.1) is 0 Å². The van der Waals surface area contributed by atoms with Gasteiger partial charge < -0.3 is 10.1 Å². The molecule has 0 aliphatic carbocycles. The van der Waals surface area contributed by atoms with Crippen LogP contribution in [0.5, 0.6) is 0 Å². The number of hydrogen-bond acceptors (Lipinski definition) is 6. The molecule has 1 aromatic carbocycles. The average Bonchev–Trinajstić information content (AvgIpc) is 3.48. The summed E-state index contributed by atoms with van der Waals surface area (Å²) in [5, 5.41) is 8.95. The lowest BCUT2D eigenvalue weighted by Crippen LogP contribution is -2.34. The normalized spacial score (nSPS) is 20.6. The highest BCUT2D eigenvalue weighted by Gasteiger charge is 2.30. The van der Waals surface area contributed by atoms with E-state index in [1.165, 1.54) is 18.0 Å². The van der Waals surface area contributed by atoms with Gasteiger partial charge in [-0.1, -0.05) is 23.4 Å². The summed E-state index contributed by atoms with van der Waals surface area (Å²) < 4.78 is 8.81. The van der Waals surface area contributed by atoms with E-state index in [2.05, 4.69) is 15.4 Å². The molecule has 1 N–H and O–H groups in total. The first-order valence-electron chi connectivity index (χ1n) is 9.87. The second-order valence-corrected chi connectivity index (χ2v) is 8.87. The van der Waals surface area contributed by atoms with Crippen molar-refractivity contribution in [1.82, 2.24) is 24.6 Å². The summed E-state index contributed by atoms with van der Waals surface area (Å²) >= 11 is 7.45. The third kappa shape index (κ3) is 3.61. The Labute approximate surface area is 181 Å². The zero-order chi connectivity index (χ0) is 20.7. The second kappa shape index (κ2) is 8.05. The zero-order valence-corrected chi connectivity index (χ0v) is 17.7. The van der Waals surface area contributed by atoms with Crippen LogP contribution in [0.25, 0.3) is 16.7 Å². The van der Waals surface area contributed by atoms with Crippen LogP contribution in [-0.2, 0) is 9.53 Å². The van der Waals surface area contributed by atoms with Crippen LogP contribution < -0.4 is 10.9 Å². The maximum Gasteiger partial charge on any atom is 0.265 e. The molecule has 2 atom stereocenters. The molecular formula is C20H20ClN5O3S. The summed E-state index contributed by atoms with van der Waals surface area (Å²) in [5.74, 6) is 0.559. The summed E-state index contributed by atoms with van der Waals surface area (Å²) in [6.07, 6.45) is 3.88. The van der Waals surface area contributed by atoms with E-state index in [4.69, 9.17) is 16.3 Å². The van der Waals surface area contributed by atoms with Crippen molar-refractivity contribution >= 4 is 40.3 Å². The molecule has 2 unspecified atom stereocenters. The minimum Gasteiger partial charge on any atom is -0.376 e. The molecule has 5 rings (SSSR count). The van der Waals surface area contributed by atoms with E-state index < -0.39 is 0 Å². The summed E-state index contributed by atoms with van der Waals surface area (Å²) in [7, 11) is 0. The Kier molecular flexibility index (Phi) is 5.26. The molecule has 0 bridgehead atoms. The van der Waals surface area contributed by atoms with Crippen LogP contribution in [-0.4, -0.2) is 50.2 Å². The largest absolute Gasteiger partial charge is 0.376 e. The van der Waals surface area contributed by atoms with Crippen LogP contribution in [0.1, 0.15) is 25.3 Å². The minimum atomic E-state index is -0.224. The standard InChI is InChI=1S/C20H20ClN5O3S/c21-12-3-5-13(6-4-12)26-18-16(10-23-26)19(28)25-14(11-30-20(25)24-18)8-17(27)22-9-15-2-1-7-29-15/h3-6,10,14-15H,1-2,7-9,11H2,(H,22,27). The number of benzene rings is 1. The Morgan fingerprint density at radius 2 is 2.17 bits per heavy atom. The van der Waals surface area contributed by atoms with Crippen LogP contribution in [0.4, 0.5) is 0 Å². The first-order chi connectivity index (χ1) is 14.6. The number of ether oxygens (including phenoxy) is 1. The minimum absolute atomic E-state index is 0.0761. The van der Waals surface area contributed by atoms with Gasteiger partial charge in [0.2, 0.25) is 5.91 Å². The van der Waals surface area contributed by atoms with E-state index in [1.807, 2.05) is 12.1 Å². The quantitative estimate of drug-likeness (QED) is 0.607. The molecule has 2 aliphatic heterocycles. The molecule has 156 valence electrons. The van der Waals surface area contributed by atoms with Crippen molar-refractivity contribution in [1.29, 1.82) is 0 Å².